The first-order valence-corrected chi connectivity index (χ1v) is 7.79. The van der Waals surface area contributed by atoms with Gasteiger partial charge in [-0.1, -0.05) is 6.07 Å². The van der Waals surface area contributed by atoms with Crippen LogP contribution in [0.5, 0.6) is 5.88 Å². The van der Waals surface area contributed by atoms with Crippen molar-refractivity contribution in [3.05, 3.63) is 30.8 Å². The summed E-state index contributed by atoms with van der Waals surface area (Å²) < 4.78 is 14.1. The van der Waals surface area contributed by atoms with Gasteiger partial charge in [-0.3, -0.25) is 0 Å². The molecule has 2 N–H and O–H groups in total. The fourth-order valence-electron chi connectivity index (χ4n) is 2.81. The Morgan fingerprint density at radius 2 is 2.00 bits per heavy atom. The normalized spacial score (nSPS) is 17.0. The molecule has 6 nitrogen and oxygen atoms in total. The molecule has 0 bridgehead atoms. The Bertz CT molecular complexity index is 675. The number of rotatable bonds is 4. The number of nitrogens with two attached hydrogens (primary N) is 1. The van der Waals surface area contributed by atoms with Crippen LogP contribution in [0.25, 0.3) is 5.52 Å². The van der Waals surface area contributed by atoms with E-state index in [0.29, 0.717) is 18.2 Å². The second-order valence-corrected chi connectivity index (χ2v) is 6.37. The van der Waals surface area contributed by atoms with Gasteiger partial charge < -0.3 is 27.1 Å². The maximum atomic E-state index is 6.18. The van der Waals surface area contributed by atoms with E-state index in [1.807, 2.05) is 17.5 Å². The number of fused-ring (bicyclic) bond motifs is 1. The van der Waals surface area contributed by atoms with Crippen LogP contribution in [0.2, 0.25) is 0 Å². The summed E-state index contributed by atoms with van der Waals surface area (Å²) in [5.41, 5.74) is 9.98. The minimum absolute atomic E-state index is 0. The van der Waals surface area contributed by atoms with Crippen LogP contribution in [-0.4, -0.2) is 60.6 Å². The standard InChI is InChI=1S/C16H25N4O2.CH3/c1-12-4-5-14-15(17)16(18-19(14)13(12)2)22-11-8-20(3)6-9-21-10-7-20;/h4-5H,6-11,17H2,1-3H3;1H3/q+1;-1. The Kier molecular flexibility index (Phi) is 5.16. The van der Waals surface area contributed by atoms with Gasteiger partial charge >= 0.3 is 0 Å². The Labute approximate surface area is 138 Å². The predicted molar refractivity (Wildman–Crippen MR) is 92.6 cm³/mol. The van der Waals surface area contributed by atoms with Gasteiger partial charge in [-0.05, 0) is 25.5 Å². The molecule has 1 aliphatic heterocycles. The second-order valence-electron chi connectivity index (χ2n) is 6.37. The molecule has 1 saturated heterocycles. The van der Waals surface area contributed by atoms with Crippen molar-refractivity contribution in [1.82, 2.24) is 9.61 Å². The molecule has 0 radical (unpaired) electrons. The molecule has 2 aromatic rings. The van der Waals surface area contributed by atoms with E-state index in [9.17, 15) is 0 Å². The Balaban J connectivity index is 0.00000192. The van der Waals surface area contributed by atoms with Crippen molar-refractivity contribution in [2.45, 2.75) is 13.8 Å². The van der Waals surface area contributed by atoms with Crippen LogP contribution in [0.15, 0.2) is 12.1 Å². The van der Waals surface area contributed by atoms with Gasteiger partial charge in [0, 0.05) is 5.69 Å². The Morgan fingerprint density at radius 1 is 1.30 bits per heavy atom. The van der Waals surface area contributed by atoms with Crippen molar-refractivity contribution >= 4 is 11.2 Å². The van der Waals surface area contributed by atoms with Crippen LogP contribution in [0, 0.1) is 21.3 Å². The van der Waals surface area contributed by atoms with Gasteiger partial charge in [0.25, 0.3) is 5.88 Å². The van der Waals surface area contributed by atoms with E-state index in [4.69, 9.17) is 15.2 Å². The summed E-state index contributed by atoms with van der Waals surface area (Å²) in [7, 11) is 2.24. The van der Waals surface area contributed by atoms with Gasteiger partial charge in [-0.25, -0.2) is 4.52 Å². The van der Waals surface area contributed by atoms with Gasteiger partial charge in [0.05, 0.1) is 25.8 Å². The van der Waals surface area contributed by atoms with Gasteiger partial charge in [-0.15, -0.1) is 5.10 Å². The minimum Gasteiger partial charge on any atom is -0.469 e. The van der Waals surface area contributed by atoms with E-state index in [1.54, 1.807) is 0 Å². The first-order chi connectivity index (χ1) is 10.5. The molecule has 3 rings (SSSR count). The molecule has 2 aromatic heterocycles. The number of ether oxygens (including phenoxy) is 2. The number of morpholine rings is 1. The zero-order chi connectivity index (χ0) is 15.7. The third kappa shape index (κ3) is 3.43. The lowest BCUT2D eigenvalue weighted by molar-refractivity contribution is -0.916. The fraction of sp³-hybridized carbons (Fsp3) is 0.529. The van der Waals surface area contributed by atoms with E-state index in [-0.39, 0.29) is 7.43 Å². The van der Waals surface area contributed by atoms with E-state index >= 15 is 0 Å². The fourth-order valence-corrected chi connectivity index (χ4v) is 2.81. The quantitative estimate of drug-likeness (QED) is 0.690. The largest absolute Gasteiger partial charge is 0.469 e. The third-order valence-electron chi connectivity index (χ3n) is 4.73. The van der Waals surface area contributed by atoms with Gasteiger partial charge in [0.1, 0.15) is 31.9 Å². The summed E-state index contributed by atoms with van der Waals surface area (Å²) in [6.07, 6.45) is 0. The van der Waals surface area contributed by atoms with Crippen molar-refractivity contribution in [2.75, 3.05) is 52.2 Å². The number of pyridine rings is 1. The highest BCUT2D eigenvalue weighted by atomic mass is 16.5. The highest BCUT2D eigenvalue weighted by Crippen LogP contribution is 2.27. The molecule has 1 fully saturated rings. The Morgan fingerprint density at radius 3 is 2.70 bits per heavy atom. The van der Waals surface area contributed by atoms with E-state index in [0.717, 1.165) is 48.5 Å². The summed E-state index contributed by atoms with van der Waals surface area (Å²) in [5.74, 6) is 0.536. The van der Waals surface area contributed by atoms with Crippen LogP contribution in [0.4, 0.5) is 5.69 Å². The molecule has 6 heteroatoms. The summed E-state index contributed by atoms with van der Waals surface area (Å²) in [4.78, 5) is 0. The SMILES string of the molecule is Cc1ccc2c(N)c(OCC[N+]3(C)CCOCC3)nn2c1C.[CH3-]. The number of nitrogens with zero attached hydrogens (tertiary/aromatic N) is 3. The van der Waals surface area contributed by atoms with E-state index in [2.05, 4.69) is 25.1 Å². The predicted octanol–water partition coefficient (Wildman–Crippen LogP) is 1.84. The molecule has 128 valence electrons. The molecule has 0 unspecified atom stereocenters. The van der Waals surface area contributed by atoms with Crippen molar-refractivity contribution in [3.63, 3.8) is 0 Å². The molecule has 0 saturated carbocycles. The molecule has 0 atom stereocenters. The van der Waals surface area contributed by atoms with E-state index in [1.165, 1.54) is 5.56 Å². The highest BCUT2D eigenvalue weighted by Gasteiger charge is 2.25. The lowest BCUT2D eigenvalue weighted by atomic mass is 10.2. The summed E-state index contributed by atoms with van der Waals surface area (Å²) in [6.45, 7) is 9.37. The molecule has 0 aliphatic carbocycles. The number of quaternary nitrogens is 1. The van der Waals surface area contributed by atoms with Crippen LogP contribution < -0.4 is 10.5 Å². The average molecular weight is 320 g/mol. The van der Waals surface area contributed by atoms with E-state index < -0.39 is 0 Å². The van der Waals surface area contributed by atoms with Crippen LogP contribution >= 0.6 is 0 Å². The second kappa shape index (κ2) is 6.76. The van der Waals surface area contributed by atoms with Crippen molar-refractivity contribution in [1.29, 1.82) is 0 Å². The monoisotopic (exact) mass is 320 g/mol. The summed E-state index contributed by atoms with van der Waals surface area (Å²) >= 11 is 0. The van der Waals surface area contributed by atoms with Crippen molar-refractivity contribution in [3.8, 4) is 5.88 Å². The number of aryl methyl sites for hydroxylation is 2. The molecule has 23 heavy (non-hydrogen) atoms. The lowest BCUT2D eigenvalue weighted by Crippen LogP contribution is -2.53. The lowest BCUT2D eigenvalue weighted by Gasteiger charge is -2.37. The number of aromatic nitrogens is 2. The molecule has 0 amide bonds. The minimum atomic E-state index is 0. The van der Waals surface area contributed by atoms with Crippen LogP contribution in [0.3, 0.4) is 0 Å². The third-order valence-corrected chi connectivity index (χ3v) is 4.73. The molecular formula is C17H28N4O2. The smallest absolute Gasteiger partial charge is 0.257 e. The number of anilines is 1. The molecule has 1 aliphatic rings. The van der Waals surface area contributed by atoms with Gasteiger partial charge in [0.15, 0.2) is 0 Å². The summed E-state index contributed by atoms with van der Waals surface area (Å²) in [5, 5.41) is 4.52. The Hall–Kier alpha value is -1.79. The van der Waals surface area contributed by atoms with Crippen LogP contribution in [0.1, 0.15) is 11.3 Å². The number of nitrogen functional groups attached to an aromatic ring is 1. The van der Waals surface area contributed by atoms with Gasteiger partial charge in [-0.2, -0.15) is 0 Å². The van der Waals surface area contributed by atoms with Gasteiger partial charge in [0.2, 0.25) is 0 Å². The zero-order valence-corrected chi connectivity index (χ0v) is 14.6. The summed E-state index contributed by atoms with van der Waals surface area (Å²) in [6, 6.07) is 4.06. The van der Waals surface area contributed by atoms with Crippen molar-refractivity contribution < 1.29 is 14.0 Å². The number of likely N-dealkylation sites (N-methyl/N-ethyl adjacent to an activating group) is 1. The molecule has 3 heterocycles. The molecule has 0 aromatic carbocycles. The number of hydrogen-bond acceptors (Lipinski definition) is 4. The average Bonchev–Trinajstić information content (AvgIpc) is 2.81. The first kappa shape index (κ1) is 17.6. The highest BCUT2D eigenvalue weighted by molar-refractivity contribution is 5.75. The topological polar surface area (TPSA) is 61.8 Å². The van der Waals surface area contributed by atoms with Crippen LogP contribution in [-0.2, 0) is 4.74 Å². The maximum Gasteiger partial charge on any atom is 0.257 e. The zero-order valence-electron chi connectivity index (χ0n) is 14.6. The molecule has 0 spiro atoms. The maximum absolute atomic E-state index is 6.18. The first-order valence-electron chi connectivity index (χ1n) is 7.79. The molecular weight excluding hydrogens is 292 g/mol. The number of hydrogen-bond donors (Lipinski definition) is 1. The van der Waals surface area contributed by atoms with Crippen molar-refractivity contribution in [2.24, 2.45) is 0 Å².